The summed E-state index contributed by atoms with van der Waals surface area (Å²) in [5, 5.41) is 0.632. The molecule has 9 nitrogen and oxygen atoms in total. The second-order valence-corrected chi connectivity index (χ2v) is 9.31. The minimum absolute atomic E-state index is 0.0545. The first-order valence-electron chi connectivity index (χ1n) is 11.7. The number of ether oxygens (including phenoxy) is 1. The first-order chi connectivity index (χ1) is 16.5. The van der Waals surface area contributed by atoms with Crippen LogP contribution >= 0.6 is 11.6 Å². The number of anilines is 1. The largest absolute Gasteiger partial charge is 0.440 e. The molecule has 2 aliphatic heterocycles. The molecule has 1 aromatic carbocycles. The summed E-state index contributed by atoms with van der Waals surface area (Å²) < 4.78 is 11.3. The van der Waals surface area contributed by atoms with Gasteiger partial charge in [-0.1, -0.05) is 11.6 Å². The molecule has 0 saturated carbocycles. The molecule has 2 aromatic heterocycles. The van der Waals surface area contributed by atoms with Crippen molar-refractivity contribution >= 4 is 34.6 Å². The number of piperidine rings is 1. The number of hydrogen-bond donors (Lipinski definition) is 1. The highest BCUT2D eigenvalue weighted by Gasteiger charge is 2.27. The van der Waals surface area contributed by atoms with Gasteiger partial charge >= 0.3 is 0 Å². The van der Waals surface area contributed by atoms with Crippen molar-refractivity contribution < 1.29 is 13.9 Å². The number of benzene rings is 1. The highest BCUT2D eigenvalue weighted by Crippen LogP contribution is 2.31. The van der Waals surface area contributed by atoms with Crippen LogP contribution in [0.1, 0.15) is 42.3 Å². The van der Waals surface area contributed by atoms with Crippen molar-refractivity contribution in [2.45, 2.75) is 38.5 Å². The minimum Gasteiger partial charge on any atom is -0.440 e. The summed E-state index contributed by atoms with van der Waals surface area (Å²) in [5.74, 6) is 1.51. The van der Waals surface area contributed by atoms with Gasteiger partial charge in [0.05, 0.1) is 13.2 Å². The fraction of sp³-hybridized carbons (Fsp3) is 0.500. The average molecular weight is 486 g/mol. The molecule has 0 unspecified atom stereocenters. The molecule has 0 atom stereocenters. The van der Waals surface area contributed by atoms with Gasteiger partial charge in [0, 0.05) is 54.8 Å². The fourth-order valence-corrected chi connectivity index (χ4v) is 4.84. The highest BCUT2D eigenvalue weighted by atomic mass is 35.5. The molecule has 0 aliphatic carbocycles. The lowest BCUT2D eigenvalue weighted by Gasteiger charge is -2.30. The van der Waals surface area contributed by atoms with Crippen LogP contribution in [0.4, 0.5) is 5.95 Å². The number of likely N-dealkylation sites (tertiary alicyclic amines) is 1. The molecule has 0 spiro atoms. The average Bonchev–Trinajstić information content (AvgIpc) is 3.27. The van der Waals surface area contributed by atoms with Gasteiger partial charge in [-0.2, -0.15) is 0 Å². The van der Waals surface area contributed by atoms with Gasteiger partial charge in [-0.25, -0.2) is 9.97 Å². The molecule has 1 amide bonds. The highest BCUT2D eigenvalue weighted by molar-refractivity contribution is 6.31. The standard InChI is InChI=1S/C24H28ClN5O4/c1-15-18(22(32)28-24(26-15)30-10-12-33-13-11-30)3-5-21(31)29-8-6-16(7-9-29)23-27-19-14-17(25)2-4-20(19)34-23/h2,4,14,16H,3,5-13H2,1H3,(H,26,28,32). The Balaban J connectivity index is 1.17. The van der Waals surface area contributed by atoms with Crippen LogP contribution in [0, 0.1) is 6.92 Å². The Kier molecular flexibility index (Phi) is 6.56. The van der Waals surface area contributed by atoms with Crippen LogP contribution in [0.25, 0.3) is 11.1 Å². The molecule has 2 fully saturated rings. The van der Waals surface area contributed by atoms with Crippen LogP contribution in [-0.4, -0.2) is 65.2 Å². The van der Waals surface area contributed by atoms with E-state index in [4.69, 9.17) is 20.8 Å². The van der Waals surface area contributed by atoms with E-state index in [2.05, 4.69) is 15.0 Å². The lowest BCUT2D eigenvalue weighted by atomic mass is 9.96. The van der Waals surface area contributed by atoms with Crippen LogP contribution in [0.5, 0.6) is 0 Å². The molecule has 1 N–H and O–H groups in total. The number of morpholine rings is 1. The molecular formula is C24H28ClN5O4. The van der Waals surface area contributed by atoms with E-state index in [1.54, 1.807) is 12.1 Å². The number of oxazole rings is 1. The predicted octanol–water partition coefficient (Wildman–Crippen LogP) is 3.05. The number of rotatable bonds is 5. The van der Waals surface area contributed by atoms with Crippen LogP contribution in [0.15, 0.2) is 27.4 Å². The number of carbonyl (C=O) groups excluding carboxylic acids is 1. The maximum atomic E-state index is 12.8. The third-order valence-corrected chi connectivity index (χ3v) is 6.91. The third kappa shape index (κ3) is 4.81. The molecular weight excluding hydrogens is 458 g/mol. The van der Waals surface area contributed by atoms with Crippen molar-refractivity contribution in [3.05, 3.63) is 50.7 Å². The number of nitrogens with one attached hydrogen (secondary N) is 1. The molecule has 2 aliphatic rings. The van der Waals surface area contributed by atoms with E-state index in [-0.39, 0.29) is 23.8 Å². The summed E-state index contributed by atoms with van der Waals surface area (Å²) in [7, 11) is 0. The smallest absolute Gasteiger partial charge is 0.255 e. The van der Waals surface area contributed by atoms with Gasteiger partial charge in [-0.3, -0.25) is 14.6 Å². The number of aromatic nitrogens is 3. The molecule has 34 heavy (non-hydrogen) atoms. The molecule has 4 heterocycles. The number of hydrogen-bond acceptors (Lipinski definition) is 7. The number of fused-ring (bicyclic) bond motifs is 1. The number of aryl methyl sites for hydroxylation is 1. The SMILES string of the molecule is Cc1nc(N2CCOCC2)[nH]c(=O)c1CCC(=O)N1CCC(c2nc3cc(Cl)ccc3o2)CC1. The lowest BCUT2D eigenvalue weighted by molar-refractivity contribution is -0.132. The molecule has 10 heteroatoms. The number of carbonyl (C=O) groups is 1. The fourth-order valence-electron chi connectivity index (χ4n) is 4.67. The van der Waals surface area contributed by atoms with E-state index in [0.717, 1.165) is 23.9 Å². The van der Waals surface area contributed by atoms with Gasteiger partial charge in [0.2, 0.25) is 11.9 Å². The minimum atomic E-state index is -0.170. The Bertz CT molecular complexity index is 1240. The van der Waals surface area contributed by atoms with Gasteiger partial charge < -0.3 is 19.0 Å². The molecule has 3 aromatic rings. The lowest BCUT2D eigenvalue weighted by Crippen LogP contribution is -2.39. The van der Waals surface area contributed by atoms with Crippen molar-refractivity contribution in [3.63, 3.8) is 0 Å². The van der Waals surface area contributed by atoms with E-state index >= 15 is 0 Å². The number of amides is 1. The molecule has 0 bridgehead atoms. The normalized spacial score (nSPS) is 17.5. The zero-order valence-corrected chi connectivity index (χ0v) is 19.9. The third-order valence-electron chi connectivity index (χ3n) is 6.67. The number of aromatic amines is 1. The van der Waals surface area contributed by atoms with Gasteiger partial charge in [0.1, 0.15) is 5.52 Å². The Labute approximate surface area is 202 Å². The predicted molar refractivity (Wildman–Crippen MR) is 129 cm³/mol. The van der Waals surface area contributed by atoms with Gasteiger partial charge in [-0.05, 0) is 44.4 Å². The van der Waals surface area contributed by atoms with Crippen LogP contribution in [0.3, 0.4) is 0 Å². The summed E-state index contributed by atoms with van der Waals surface area (Å²) in [6.07, 6.45) is 2.25. The van der Waals surface area contributed by atoms with Gasteiger partial charge in [0.25, 0.3) is 5.56 Å². The Morgan fingerprint density at radius 1 is 1.18 bits per heavy atom. The van der Waals surface area contributed by atoms with E-state index < -0.39 is 0 Å². The van der Waals surface area contributed by atoms with E-state index in [1.807, 2.05) is 22.8 Å². The summed E-state index contributed by atoms with van der Waals surface area (Å²) in [6.45, 7) is 5.77. The van der Waals surface area contributed by atoms with Crippen LogP contribution in [-0.2, 0) is 16.0 Å². The topological polar surface area (TPSA) is 105 Å². The Hall–Kier alpha value is -2.91. The molecule has 5 rings (SSSR count). The zero-order chi connectivity index (χ0) is 23.7. The number of nitrogens with zero attached hydrogens (tertiary/aromatic N) is 4. The first kappa shape index (κ1) is 22.9. The van der Waals surface area contributed by atoms with Gasteiger partial charge in [-0.15, -0.1) is 0 Å². The van der Waals surface area contributed by atoms with Crippen molar-refractivity contribution in [3.8, 4) is 0 Å². The van der Waals surface area contributed by atoms with Crippen LogP contribution in [0.2, 0.25) is 5.02 Å². The Morgan fingerprint density at radius 2 is 1.94 bits per heavy atom. The summed E-state index contributed by atoms with van der Waals surface area (Å²) >= 11 is 6.05. The van der Waals surface area contributed by atoms with Crippen molar-refractivity contribution in [2.75, 3.05) is 44.3 Å². The summed E-state index contributed by atoms with van der Waals surface area (Å²) in [5.41, 5.74) is 2.57. The van der Waals surface area contributed by atoms with E-state index in [1.165, 1.54) is 0 Å². The zero-order valence-electron chi connectivity index (χ0n) is 19.2. The van der Waals surface area contributed by atoms with Crippen molar-refractivity contribution in [2.24, 2.45) is 0 Å². The molecule has 0 radical (unpaired) electrons. The van der Waals surface area contributed by atoms with Gasteiger partial charge in [0.15, 0.2) is 11.5 Å². The van der Waals surface area contributed by atoms with E-state index in [0.29, 0.717) is 73.9 Å². The second-order valence-electron chi connectivity index (χ2n) is 8.87. The van der Waals surface area contributed by atoms with Crippen molar-refractivity contribution in [1.82, 2.24) is 19.9 Å². The number of H-pyrrole nitrogens is 1. The maximum absolute atomic E-state index is 12.8. The van der Waals surface area contributed by atoms with Crippen LogP contribution < -0.4 is 10.5 Å². The molecule has 2 saturated heterocycles. The summed E-state index contributed by atoms with van der Waals surface area (Å²) in [6, 6.07) is 5.42. The Morgan fingerprint density at radius 3 is 2.68 bits per heavy atom. The maximum Gasteiger partial charge on any atom is 0.255 e. The first-order valence-corrected chi connectivity index (χ1v) is 12.1. The summed E-state index contributed by atoms with van der Waals surface area (Å²) in [4.78, 5) is 41.5. The monoisotopic (exact) mass is 485 g/mol. The molecule has 180 valence electrons. The quantitative estimate of drug-likeness (QED) is 0.592. The second kappa shape index (κ2) is 9.76. The van der Waals surface area contributed by atoms with Crippen molar-refractivity contribution in [1.29, 1.82) is 0 Å². The van der Waals surface area contributed by atoms with E-state index in [9.17, 15) is 9.59 Å². The number of halogens is 1.